The molecular weight excluding hydrogens is 529 g/mol. The average Bonchev–Trinajstić information content (AvgIpc) is 3.47. The van der Waals surface area contributed by atoms with Gasteiger partial charge in [0.15, 0.2) is 0 Å². The maximum atomic E-state index is 2.27. The number of allylic oxidation sites excluding steroid dienone is 8. The number of hydrogen-bond donors (Lipinski definition) is 0. The smallest absolute Gasteiger partial charge is 0 e. The Morgan fingerprint density at radius 2 is 0.667 bits per heavy atom. The fraction of sp³-hybridized carbons (Fsp3) is 0.308. The third-order valence-corrected chi connectivity index (χ3v) is 11.5. The summed E-state index contributed by atoms with van der Waals surface area (Å²) in [4.78, 5) is 0. The van der Waals surface area contributed by atoms with E-state index in [0.29, 0.717) is 0 Å². The molecule has 2 aromatic rings. The molecular formula is C26H36FeGe2O-2. The third kappa shape index (κ3) is 11.0. The predicted octanol–water partition coefficient (Wildman–Crippen LogP) is 6.57. The minimum atomic E-state index is 0. The molecule has 0 aromatic heterocycles. The summed E-state index contributed by atoms with van der Waals surface area (Å²) in [5.74, 6) is 0. The van der Waals surface area contributed by atoms with E-state index < -0.39 is 0 Å². The molecule has 0 amide bonds. The molecule has 0 spiro atoms. The van der Waals surface area contributed by atoms with E-state index in [0.717, 1.165) is 0 Å². The van der Waals surface area contributed by atoms with Gasteiger partial charge >= 0.3 is 126 Å². The van der Waals surface area contributed by atoms with E-state index in [1.165, 1.54) is 0 Å². The zero-order chi connectivity index (χ0) is 21.1. The van der Waals surface area contributed by atoms with Crippen molar-refractivity contribution in [2.45, 2.75) is 55.4 Å². The van der Waals surface area contributed by atoms with E-state index in [1.807, 2.05) is 60.7 Å². The SMILES string of the molecule is C[C]1=C(C)C(C)=[C](C)[Ge]1.C[C]1=C(C)C(C)=[C](C)[Ge]1.O.[Fe].c1cc[cH-]c1.c1cc[cH-]c1. The number of hydrogen-bond acceptors (Lipinski definition) is 0. The maximum Gasteiger partial charge on any atom is 0 e. The molecule has 2 aliphatic rings. The van der Waals surface area contributed by atoms with Gasteiger partial charge in [0.25, 0.3) is 0 Å². The van der Waals surface area contributed by atoms with Crippen molar-refractivity contribution in [2.75, 3.05) is 0 Å². The third-order valence-electron chi connectivity index (χ3n) is 5.24. The predicted molar refractivity (Wildman–Crippen MR) is 133 cm³/mol. The van der Waals surface area contributed by atoms with Crippen LogP contribution in [-0.4, -0.2) is 36.3 Å². The van der Waals surface area contributed by atoms with Crippen LogP contribution in [-0.2, 0) is 17.1 Å². The van der Waals surface area contributed by atoms with Crippen LogP contribution in [0.4, 0.5) is 0 Å². The van der Waals surface area contributed by atoms with Crippen molar-refractivity contribution in [3.63, 3.8) is 0 Å². The van der Waals surface area contributed by atoms with Crippen molar-refractivity contribution in [3.05, 3.63) is 101 Å². The molecule has 30 heavy (non-hydrogen) atoms. The zero-order valence-electron chi connectivity index (χ0n) is 19.6. The fourth-order valence-corrected chi connectivity index (χ4v) is 8.21. The van der Waals surface area contributed by atoms with Crippen LogP contribution in [0.2, 0.25) is 0 Å². The average molecular weight is 566 g/mol. The van der Waals surface area contributed by atoms with Gasteiger partial charge in [-0.05, 0) is 0 Å². The van der Waals surface area contributed by atoms with E-state index in [9.17, 15) is 0 Å². The summed E-state index contributed by atoms with van der Waals surface area (Å²) < 4.78 is 6.69. The molecule has 4 rings (SSSR count). The second kappa shape index (κ2) is 16.9. The van der Waals surface area contributed by atoms with Gasteiger partial charge in [-0.2, -0.15) is 36.4 Å². The van der Waals surface area contributed by atoms with Gasteiger partial charge in [-0.1, -0.05) is 0 Å². The Morgan fingerprint density at radius 3 is 0.733 bits per heavy atom. The van der Waals surface area contributed by atoms with E-state index in [2.05, 4.69) is 55.4 Å². The molecule has 0 unspecified atom stereocenters. The summed E-state index contributed by atoms with van der Waals surface area (Å²) in [5, 5.41) is 0. The normalized spacial score (nSPS) is 14.7. The molecule has 0 saturated carbocycles. The molecule has 2 aromatic carbocycles. The van der Waals surface area contributed by atoms with Crippen LogP contribution in [0.5, 0.6) is 0 Å². The van der Waals surface area contributed by atoms with Gasteiger partial charge in [-0.3, -0.25) is 0 Å². The van der Waals surface area contributed by atoms with Crippen LogP contribution in [0.15, 0.2) is 101 Å². The molecule has 0 saturated heterocycles. The fourth-order valence-electron chi connectivity index (χ4n) is 2.70. The van der Waals surface area contributed by atoms with Crippen LogP contribution in [0.1, 0.15) is 55.4 Å². The molecule has 0 aliphatic carbocycles. The van der Waals surface area contributed by atoms with Gasteiger partial charge in [-0.15, -0.1) is 0 Å². The van der Waals surface area contributed by atoms with Crippen LogP contribution < -0.4 is 0 Å². The van der Waals surface area contributed by atoms with Crippen LogP contribution in [0.25, 0.3) is 0 Å². The summed E-state index contributed by atoms with van der Waals surface area (Å²) in [5.41, 5.74) is 6.25. The van der Waals surface area contributed by atoms with Crippen LogP contribution in [0.3, 0.4) is 0 Å². The van der Waals surface area contributed by atoms with Crippen LogP contribution in [0, 0.1) is 0 Å². The van der Waals surface area contributed by atoms with Crippen molar-refractivity contribution >= 4 is 30.9 Å². The summed E-state index contributed by atoms with van der Waals surface area (Å²) >= 11 is 0.343. The molecule has 1 nitrogen and oxygen atoms in total. The first-order valence-electron chi connectivity index (χ1n) is 9.83. The summed E-state index contributed by atoms with van der Waals surface area (Å²) in [6.45, 7) is 18.1. The summed E-state index contributed by atoms with van der Waals surface area (Å²) in [6, 6.07) is 20.0. The molecule has 0 atom stereocenters. The molecule has 4 radical (unpaired) electrons. The molecule has 2 heterocycles. The molecule has 4 heteroatoms. The molecule has 0 bridgehead atoms. The second-order valence-electron chi connectivity index (χ2n) is 7.17. The second-order valence-corrected chi connectivity index (χ2v) is 14.5. The number of rotatable bonds is 0. The van der Waals surface area contributed by atoms with E-state index >= 15 is 0 Å². The summed E-state index contributed by atoms with van der Waals surface area (Å²) in [6.07, 6.45) is 0. The Morgan fingerprint density at radius 1 is 0.467 bits per heavy atom. The van der Waals surface area contributed by atoms with Crippen molar-refractivity contribution in [1.29, 1.82) is 0 Å². The Bertz CT molecular complexity index is 685. The Balaban J connectivity index is 0. The van der Waals surface area contributed by atoms with E-state index in [4.69, 9.17) is 0 Å². The van der Waals surface area contributed by atoms with Gasteiger partial charge in [0.05, 0.1) is 0 Å². The first-order valence-corrected chi connectivity index (χ1v) is 14.0. The maximum absolute atomic E-state index is 2.27. The first-order chi connectivity index (χ1) is 13.3. The molecule has 2 N–H and O–H groups in total. The van der Waals surface area contributed by atoms with E-state index in [1.54, 1.807) is 39.9 Å². The quantitative estimate of drug-likeness (QED) is 0.256. The van der Waals surface area contributed by atoms with Gasteiger partial charge in [0.2, 0.25) is 0 Å². The van der Waals surface area contributed by atoms with Gasteiger partial charge in [-0.25, -0.2) is 24.3 Å². The van der Waals surface area contributed by atoms with E-state index in [-0.39, 0.29) is 53.4 Å². The Labute approximate surface area is 208 Å². The Hall–Kier alpha value is -0.775. The van der Waals surface area contributed by atoms with Gasteiger partial charge in [0, 0.05) is 17.1 Å². The van der Waals surface area contributed by atoms with Crippen molar-refractivity contribution in [2.24, 2.45) is 0 Å². The van der Waals surface area contributed by atoms with Crippen LogP contribution >= 0.6 is 0 Å². The molecule has 2 aliphatic heterocycles. The first kappa shape index (κ1) is 31.4. The topological polar surface area (TPSA) is 31.5 Å². The minimum Gasteiger partial charge on any atom is -0.412 e. The van der Waals surface area contributed by atoms with Crippen molar-refractivity contribution in [1.82, 2.24) is 0 Å². The van der Waals surface area contributed by atoms with Gasteiger partial charge < -0.3 is 5.48 Å². The monoisotopic (exact) mass is 568 g/mol. The molecule has 164 valence electrons. The zero-order valence-corrected chi connectivity index (χ0v) is 24.9. The van der Waals surface area contributed by atoms with Crippen molar-refractivity contribution < 1.29 is 22.5 Å². The van der Waals surface area contributed by atoms with Crippen molar-refractivity contribution in [3.8, 4) is 0 Å². The minimum absolute atomic E-state index is 0. The largest absolute Gasteiger partial charge is 0.412 e. The summed E-state index contributed by atoms with van der Waals surface area (Å²) in [7, 11) is 0. The standard InChI is InChI=1S/2C8H12Ge.2C5H5.Fe.H2O/c2*1-5-6(2)8(4)9-7(5)3;2*1-2-4-5-3-1;;/h2*1-4H3;2*1-5H;;1H2/q;;2*-1;;. The van der Waals surface area contributed by atoms with Gasteiger partial charge in [0.1, 0.15) is 0 Å². The Kier molecular flexibility index (Phi) is 17.7. The molecule has 0 fully saturated rings.